The number of anilines is 1. The molecule has 2 aromatic heterocycles. The number of benzene rings is 1. The summed E-state index contributed by atoms with van der Waals surface area (Å²) in [4.78, 5) is 29.7. The minimum Gasteiger partial charge on any atom is -0.348 e. The predicted molar refractivity (Wildman–Crippen MR) is 102 cm³/mol. The van der Waals surface area contributed by atoms with Crippen LogP contribution in [0.2, 0.25) is 0 Å². The van der Waals surface area contributed by atoms with E-state index in [9.17, 15) is 14.0 Å². The standard InChI is InChI=1S/C20H21FN4O2/c1-4-13(3)22-20(27)17-18(23-16-10-5-12(2)11-25(16)17)24-19(26)14-6-8-15(21)9-7-14/h5-11,13H,4H2,1-3H3,(H,22,27)(H,24,26). The van der Waals surface area contributed by atoms with Crippen molar-refractivity contribution < 1.29 is 14.0 Å². The quantitative estimate of drug-likeness (QED) is 0.723. The molecule has 0 spiro atoms. The highest BCUT2D eigenvalue weighted by Crippen LogP contribution is 2.20. The number of nitrogens with zero attached hydrogens (tertiary/aromatic N) is 2. The van der Waals surface area contributed by atoms with Crippen molar-refractivity contribution in [3.05, 3.63) is 65.2 Å². The van der Waals surface area contributed by atoms with Crippen LogP contribution in [0.3, 0.4) is 0 Å². The molecule has 1 unspecified atom stereocenters. The van der Waals surface area contributed by atoms with Gasteiger partial charge in [0.05, 0.1) is 0 Å². The molecule has 0 fully saturated rings. The van der Waals surface area contributed by atoms with Crippen LogP contribution in [-0.2, 0) is 0 Å². The first-order chi connectivity index (χ1) is 12.9. The van der Waals surface area contributed by atoms with Gasteiger partial charge < -0.3 is 10.6 Å². The fourth-order valence-electron chi connectivity index (χ4n) is 2.63. The van der Waals surface area contributed by atoms with Gasteiger partial charge in [-0.15, -0.1) is 0 Å². The van der Waals surface area contributed by atoms with Crippen molar-refractivity contribution >= 4 is 23.3 Å². The minimum atomic E-state index is -0.465. The molecular weight excluding hydrogens is 347 g/mol. The van der Waals surface area contributed by atoms with Gasteiger partial charge in [-0.3, -0.25) is 14.0 Å². The molecule has 0 aliphatic rings. The number of aryl methyl sites for hydroxylation is 1. The van der Waals surface area contributed by atoms with E-state index in [2.05, 4.69) is 15.6 Å². The van der Waals surface area contributed by atoms with Gasteiger partial charge in [0.2, 0.25) is 0 Å². The third kappa shape index (κ3) is 3.97. The number of amides is 2. The lowest BCUT2D eigenvalue weighted by atomic mass is 10.2. The predicted octanol–water partition coefficient (Wildman–Crippen LogP) is 3.56. The molecule has 3 aromatic rings. The molecule has 2 heterocycles. The Morgan fingerprint density at radius 1 is 1.15 bits per heavy atom. The molecular formula is C20H21FN4O2. The van der Waals surface area contributed by atoms with E-state index in [1.54, 1.807) is 16.7 Å². The van der Waals surface area contributed by atoms with Gasteiger partial charge in [-0.05, 0) is 56.2 Å². The van der Waals surface area contributed by atoms with Crippen LogP contribution in [0.5, 0.6) is 0 Å². The lowest BCUT2D eigenvalue weighted by molar-refractivity contribution is 0.0934. The Labute approximate surface area is 156 Å². The van der Waals surface area contributed by atoms with Crippen molar-refractivity contribution in [3.8, 4) is 0 Å². The average molecular weight is 368 g/mol. The summed E-state index contributed by atoms with van der Waals surface area (Å²) in [7, 11) is 0. The molecule has 0 saturated carbocycles. The number of hydrogen-bond donors (Lipinski definition) is 2. The third-order valence-corrected chi connectivity index (χ3v) is 4.31. The summed E-state index contributed by atoms with van der Waals surface area (Å²) in [5, 5.41) is 5.58. The van der Waals surface area contributed by atoms with E-state index < -0.39 is 11.7 Å². The molecule has 140 valence electrons. The fraction of sp³-hybridized carbons (Fsp3) is 0.250. The molecule has 2 N–H and O–H groups in total. The van der Waals surface area contributed by atoms with Crippen LogP contribution in [0, 0.1) is 12.7 Å². The van der Waals surface area contributed by atoms with Crippen molar-refractivity contribution in [2.24, 2.45) is 0 Å². The fourth-order valence-corrected chi connectivity index (χ4v) is 2.63. The molecule has 7 heteroatoms. The SMILES string of the molecule is CCC(C)NC(=O)c1c(NC(=O)c2ccc(F)cc2)nc2ccc(C)cn12. The molecule has 2 amide bonds. The Morgan fingerprint density at radius 3 is 2.52 bits per heavy atom. The zero-order chi connectivity index (χ0) is 19.6. The molecule has 0 radical (unpaired) electrons. The Balaban J connectivity index is 2.00. The van der Waals surface area contributed by atoms with Gasteiger partial charge in [0.15, 0.2) is 11.5 Å². The van der Waals surface area contributed by atoms with Gasteiger partial charge >= 0.3 is 0 Å². The molecule has 0 aliphatic heterocycles. The van der Waals surface area contributed by atoms with E-state index >= 15 is 0 Å². The van der Waals surface area contributed by atoms with Crippen molar-refractivity contribution in [2.45, 2.75) is 33.2 Å². The van der Waals surface area contributed by atoms with Gasteiger partial charge in [-0.1, -0.05) is 13.0 Å². The van der Waals surface area contributed by atoms with Crippen molar-refractivity contribution in [1.82, 2.24) is 14.7 Å². The molecule has 0 bridgehead atoms. The first kappa shape index (κ1) is 18.6. The number of rotatable bonds is 5. The molecule has 1 aromatic carbocycles. The number of pyridine rings is 1. The second-order valence-electron chi connectivity index (χ2n) is 6.49. The largest absolute Gasteiger partial charge is 0.348 e. The number of carbonyl (C=O) groups is 2. The normalized spacial score (nSPS) is 12.0. The number of carbonyl (C=O) groups excluding carboxylic acids is 2. The summed E-state index contributed by atoms with van der Waals surface area (Å²) in [5.41, 5.74) is 2.03. The zero-order valence-corrected chi connectivity index (χ0v) is 15.4. The number of fused-ring (bicyclic) bond motifs is 1. The lowest BCUT2D eigenvalue weighted by Crippen LogP contribution is -2.33. The first-order valence-corrected chi connectivity index (χ1v) is 8.75. The molecule has 27 heavy (non-hydrogen) atoms. The number of aromatic nitrogens is 2. The maximum Gasteiger partial charge on any atom is 0.272 e. The summed E-state index contributed by atoms with van der Waals surface area (Å²) in [6.45, 7) is 5.79. The van der Waals surface area contributed by atoms with Crippen LogP contribution in [0.4, 0.5) is 10.2 Å². The number of halogens is 1. The van der Waals surface area contributed by atoms with Gasteiger partial charge in [0.1, 0.15) is 11.5 Å². The van der Waals surface area contributed by atoms with E-state index in [4.69, 9.17) is 0 Å². The molecule has 0 aliphatic carbocycles. The van der Waals surface area contributed by atoms with Gasteiger partial charge in [-0.25, -0.2) is 9.37 Å². The number of hydrogen-bond acceptors (Lipinski definition) is 3. The Morgan fingerprint density at radius 2 is 1.85 bits per heavy atom. The Bertz CT molecular complexity index is 995. The van der Waals surface area contributed by atoms with E-state index in [1.807, 2.05) is 26.8 Å². The number of imidazole rings is 1. The van der Waals surface area contributed by atoms with Crippen LogP contribution in [0.1, 0.15) is 46.7 Å². The van der Waals surface area contributed by atoms with Crippen LogP contribution < -0.4 is 10.6 Å². The van der Waals surface area contributed by atoms with Crippen LogP contribution in [-0.4, -0.2) is 27.2 Å². The topological polar surface area (TPSA) is 75.5 Å². The summed E-state index contributed by atoms with van der Waals surface area (Å²) in [6.07, 6.45) is 2.57. The van der Waals surface area contributed by atoms with Crippen LogP contribution in [0.25, 0.3) is 5.65 Å². The van der Waals surface area contributed by atoms with Crippen LogP contribution >= 0.6 is 0 Å². The highest BCUT2D eigenvalue weighted by molar-refractivity contribution is 6.08. The minimum absolute atomic E-state index is 0.0199. The Hall–Kier alpha value is -3.22. The van der Waals surface area contributed by atoms with Gasteiger partial charge in [-0.2, -0.15) is 0 Å². The molecule has 3 rings (SSSR count). The summed E-state index contributed by atoms with van der Waals surface area (Å²) in [5.74, 6) is -1.05. The van der Waals surface area contributed by atoms with Crippen molar-refractivity contribution in [3.63, 3.8) is 0 Å². The summed E-state index contributed by atoms with van der Waals surface area (Å²) >= 11 is 0. The lowest BCUT2D eigenvalue weighted by Gasteiger charge is -2.12. The molecule has 6 nitrogen and oxygen atoms in total. The van der Waals surface area contributed by atoms with Crippen molar-refractivity contribution in [1.29, 1.82) is 0 Å². The van der Waals surface area contributed by atoms with E-state index in [0.29, 0.717) is 5.65 Å². The monoisotopic (exact) mass is 368 g/mol. The maximum absolute atomic E-state index is 13.1. The highest BCUT2D eigenvalue weighted by atomic mass is 19.1. The van der Waals surface area contributed by atoms with E-state index in [0.717, 1.165) is 12.0 Å². The smallest absolute Gasteiger partial charge is 0.272 e. The molecule has 1 atom stereocenters. The second kappa shape index (κ2) is 7.57. The second-order valence-corrected chi connectivity index (χ2v) is 6.49. The van der Waals surface area contributed by atoms with Gasteiger partial charge in [0.25, 0.3) is 11.8 Å². The third-order valence-electron chi connectivity index (χ3n) is 4.31. The Kier molecular flexibility index (Phi) is 5.21. The number of nitrogens with one attached hydrogen (secondary N) is 2. The molecule has 0 saturated heterocycles. The van der Waals surface area contributed by atoms with E-state index in [1.165, 1.54) is 24.3 Å². The average Bonchev–Trinajstić information content (AvgIpc) is 2.99. The van der Waals surface area contributed by atoms with Crippen molar-refractivity contribution in [2.75, 3.05) is 5.32 Å². The van der Waals surface area contributed by atoms with Gasteiger partial charge in [0, 0.05) is 17.8 Å². The zero-order valence-electron chi connectivity index (χ0n) is 15.4. The summed E-state index contributed by atoms with van der Waals surface area (Å²) < 4.78 is 14.7. The first-order valence-electron chi connectivity index (χ1n) is 8.75. The maximum atomic E-state index is 13.1. The van der Waals surface area contributed by atoms with E-state index in [-0.39, 0.29) is 29.0 Å². The highest BCUT2D eigenvalue weighted by Gasteiger charge is 2.22. The van der Waals surface area contributed by atoms with Crippen LogP contribution in [0.15, 0.2) is 42.6 Å². The summed E-state index contributed by atoms with van der Waals surface area (Å²) in [6, 6.07) is 8.81.